The van der Waals surface area contributed by atoms with Crippen LogP contribution in [0.1, 0.15) is 97.3 Å². The third kappa shape index (κ3) is 34.7. The number of hydrogen-bond donors (Lipinski definition) is 3. The van der Waals surface area contributed by atoms with Crippen molar-refractivity contribution in [3.05, 3.63) is 354 Å². The number of ether oxygens (including phenoxy) is 5. The van der Waals surface area contributed by atoms with Crippen molar-refractivity contribution in [2.24, 2.45) is 0 Å². The fraction of sp³-hybridized carbons (Fsp3) is 0.193. The van der Waals surface area contributed by atoms with Gasteiger partial charge < -0.3 is 50.3 Å². The van der Waals surface area contributed by atoms with Gasteiger partial charge in [0, 0.05) is 56.3 Å². The minimum Gasteiger partial charge on any atom is -1.00 e. The van der Waals surface area contributed by atoms with Crippen molar-refractivity contribution in [2.45, 2.75) is 65.8 Å². The maximum absolute atomic E-state index is 13.1. The van der Waals surface area contributed by atoms with Gasteiger partial charge in [-0.05, 0) is 198 Å². The van der Waals surface area contributed by atoms with Crippen molar-refractivity contribution >= 4 is 55.7 Å². The van der Waals surface area contributed by atoms with Gasteiger partial charge in [0.1, 0.15) is 77.3 Å². The molecule has 0 aliphatic carbocycles. The Labute approximate surface area is 765 Å². The number of phenolic OH excluding ortho intramolecular Hbond substituents is 1. The van der Waals surface area contributed by atoms with Crippen LogP contribution >= 0.6 is 15.9 Å². The van der Waals surface area contributed by atoms with Crippen molar-refractivity contribution in [2.75, 3.05) is 46.2 Å². The fourth-order valence-corrected chi connectivity index (χ4v) is 10.9. The van der Waals surface area contributed by atoms with E-state index in [1.807, 2.05) is 144 Å². The second-order valence-corrected chi connectivity index (χ2v) is 27.1. The van der Waals surface area contributed by atoms with E-state index >= 15 is 0 Å². The molecule has 17 nitrogen and oxygen atoms in total. The molecule has 1 unspecified atom stereocenters. The second kappa shape index (κ2) is 52.7. The molecule has 0 fully saturated rings. The van der Waals surface area contributed by atoms with Crippen LogP contribution in [0.5, 0.6) is 34.5 Å². The molecule has 4 aliphatic heterocycles. The molecular formula is C88H82BrF7K2N2O15S. The van der Waals surface area contributed by atoms with Gasteiger partial charge in [-0.2, -0.15) is 26.9 Å². The number of aldehydes is 1. The molecule has 0 radical (unpaired) electrons. The van der Waals surface area contributed by atoms with Crippen LogP contribution in [0.2, 0.25) is 0 Å². The molecule has 4 aliphatic rings. The van der Waals surface area contributed by atoms with E-state index in [1.54, 1.807) is 54.6 Å². The van der Waals surface area contributed by atoms with Crippen LogP contribution < -0.4 is 132 Å². The van der Waals surface area contributed by atoms with Crippen LogP contribution in [0.15, 0.2) is 247 Å². The average molecular weight is 1730 g/mol. The first-order chi connectivity index (χ1) is 54.4. The third-order valence-corrected chi connectivity index (χ3v) is 17.2. The molecule has 0 saturated carbocycles. The predicted octanol–water partition coefficient (Wildman–Crippen LogP) is 13.1. The number of carbonyl (C=O) groups is 3. The first-order valence-corrected chi connectivity index (χ1v) is 36.8. The Hall–Kier alpha value is -8.90. The van der Waals surface area contributed by atoms with Gasteiger partial charge in [-0.15, -0.1) is 0 Å². The number of carbonyl (C=O) groups excluding carboxylic acids is 3. The summed E-state index contributed by atoms with van der Waals surface area (Å²) in [4.78, 5) is 37.1. The number of Topliss-reactive ketones (excluding diaryl/α,β-unsaturated/α-hetero) is 1. The largest absolute Gasteiger partial charge is 1.00 e. The average Bonchev–Trinajstić information content (AvgIpc) is 0.780. The maximum Gasteiger partial charge on any atom is 1.00 e. The van der Waals surface area contributed by atoms with Crippen molar-refractivity contribution in [1.29, 1.82) is 5.26 Å². The SMILES string of the molecule is C=CC#N.Cc1ccc(O)cc1.Cc1ccc2c(c1)C(=O)CCO2.Cc1ccc2c(c1)C(c1ccc(F)cc1)=C(C=O)CO2.Cc1ccc2c(c1)C(c1ccc(F)cc1)=C(CO)CO2.Cc1ccc2c(c1)C(c1ccc(F)cc1)CCO2.Fc1ccc(Br)cc1.O=CO[O-].O=S(=O)(O)C(F)(F)F.[C-]#[N+]CCOc1ccc(C)cc1.[H-].[K+].[K+]. The standard InChI is InChI=1S/C17H15FO2.C17H13FO2.C16H15FO.C10H11NO.C10H10O2.C7H8O.C6H4BrF.C3H3N.CHF3O3S.CH2O3.2K.H/c2*1-11-2-7-16-15(8-11)17(13(9-19)10-20-16)12-3-5-14(18)6-4-12;1-11-2-7-16-15(10-11)14(8-9-18-16)12-3-5-13(17)6-4-12;1-9-3-5-10(6-4-9)12-8-7-11-2;1-7-2-3-10-8(6-7)9(11)4-5-12-10;1-6-2-4-7(8)5-3-6;7-5-1-3-6(8)4-2-5;1-2-3-4;2-1(3,4)8(5,6)7;2-1-4-3;;;/h2-8,19H,9-10H2,1H3;2-9H,10H2,1H3;2-7,10,14H,8-9H2,1H3;3-6H,7-8H2,1H3;2-3,6H,4-5H2,1H3;2-5,8H,1H3;1-4H;2H,1H2;(H,5,6,7);1,3H;;;/q;;;;;;;;;;2*+1;-1/p-1. The number of benzene rings is 10. The molecule has 14 rings (SSSR count). The monoisotopic (exact) mass is 1730 g/mol. The summed E-state index contributed by atoms with van der Waals surface area (Å²) in [5.74, 6) is 3.97. The number of rotatable bonds is 9. The Morgan fingerprint density at radius 1 is 0.612 bits per heavy atom. The Morgan fingerprint density at radius 2 is 1.01 bits per heavy atom. The Bertz CT molecular complexity index is 4990. The summed E-state index contributed by atoms with van der Waals surface area (Å²) in [7, 11) is -5.84. The van der Waals surface area contributed by atoms with Crippen molar-refractivity contribution in [3.63, 3.8) is 0 Å². The van der Waals surface area contributed by atoms with E-state index < -0.39 is 15.6 Å². The Kier molecular flexibility index (Phi) is 46.0. The number of allylic oxidation sites excluding steroid dienone is 1. The molecule has 10 aromatic carbocycles. The maximum atomic E-state index is 13.1. The molecule has 0 saturated heterocycles. The third-order valence-electron chi connectivity index (χ3n) is 16.1. The number of fused-ring (bicyclic) bond motifs is 4. The van der Waals surface area contributed by atoms with E-state index in [-0.39, 0.29) is 153 Å². The van der Waals surface area contributed by atoms with E-state index in [1.165, 1.54) is 76.9 Å². The Balaban J connectivity index is 0.000000455. The number of alkyl halides is 3. The summed E-state index contributed by atoms with van der Waals surface area (Å²) in [6.45, 7) is 24.2. The first-order valence-electron chi connectivity index (χ1n) is 34.6. The number of phenols is 1. The summed E-state index contributed by atoms with van der Waals surface area (Å²) < 4.78 is 137. The molecule has 0 bridgehead atoms. The zero-order chi connectivity index (χ0) is 83.9. The van der Waals surface area contributed by atoms with Gasteiger partial charge in [0.15, 0.2) is 12.4 Å². The molecule has 3 N–H and O–H groups in total. The summed E-state index contributed by atoms with van der Waals surface area (Å²) in [5.41, 5.74) is 11.2. The van der Waals surface area contributed by atoms with Crippen LogP contribution in [-0.2, 0) is 24.6 Å². The summed E-state index contributed by atoms with van der Waals surface area (Å²) in [5, 5.41) is 34.3. The summed E-state index contributed by atoms with van der Waals surface area (Å²) in [6, 6.07) is 65.8. The van der Waals surface area contributed by atoms with Gasteiger partial charge in [-0.1, -0.05) is 147 Å². The van der Waals surface area contributed by atoms with Crippen LogP contribution in [0, 0.1) is 82.7 Å². The number of aliphatic hydroxyl groups is 1. The number of hydrogen-bond acceptors (Lipinski definition) is 15. The zero-order valence-corrected chi connectivity index (χ0v) is 73.4. The molecule has 0 aromatic heterocycles. The molecule has 598 valence electrons. The smallest absolute Gasteiger partial charge is 1.00 e. The van der Waals surface area contributed by atoms with Gasteiger partial charge in [-0.25, -0.2) is 24.1 Å². The predicted molar refractivity (Wildman–Crippen MR) is 423 cm³/mol. The van der Waals surface area contributed by atoms with Crippen LogP contribution in [0.3, 0.4) is 0 Å². The molecule has 28 heteroatoms. The fourth-order valence-electron chi connectivity index (χ4n) is 10.7. The topological polar surface area (TPSA) is 253 Å². The number of aromatic hydroxyl groups is 1. The van der Waals surface area contributed by atoms with Crippen molar-refractivity contribution in [1.82, 2.24) is 0 Å². The number of ketones is 1. The molecule has 10 aromatic rings. The van der Waals surface area contributed by atoms with Crippen molar-refractivity contribution < 1.29 is 206 Å². The van der Waals surface area contributed by atoms with Crippen molar-refractivity contribution in [3.8, 4) is 40.6 Å². The molecule has 0 amide bonds. The number of halogens is 8. The second-order valence-electron chi connectivity index (χ2n) is 24.8. The van der Waals surface area contributed by atoms with Gasteiger partial charge in [0.25, 0.3) is 6.47 Å². The number of nitrogens with zero attached hydrogens (tertiary/aromatic N) is 2. The molecule has 1 atom stereocenters. The van der Waals surface area contributed by atoms with Crippen LogP contribution in [0.4, 0.5) is 30.7 Å². The van der Waals surface area contributed by atoms with E-state index in [0.717, 1.165) is 119 Å². The van der Waals surface area contributed by atoms with E-state index in [4.69, 9.17) is 63.6 Å². The van der Waals surface area contributed by atoms with Gasteiger partial charge in [-0.3, -0.25) is 18.9 Å². The van der Waals surface area contributed by atoms with Gasteiger partial charge in [0.2, 0.25) is 6.54 Å². The van der Waals surface area contributed by atoms with Crippen LogP contribution in [0.25, 0.3) is 16.0 Å². The number of nitriles is 1. The van der Waals surface area contributed by atoms with Gasteiger partial charge >= 0.3 is 118 Å². The summed E-state index contributed by atoms with van der Waals surface area (Å²) in [6.07, 6.45) is 3.45. The molecular weight excluding hydrogens is 1650 g/mol. The Morgan fingerprint density at radius 3 is 1.44 bits per heavy atom. The van der Waals surface area contributed by atoms with E-state index in [0.29, 0.717) is 50.0 Å². The summed E-state index contributed by atoms with van der Waals surface area (Å²) >= 11 is 3.18. The molecule has 116 heavy (non-hydrogen) atoms. The normalized spacial score (nSPS) is 12.6. The van der Waals surface area contributed by atoms with Crippen LogP contribution in [-0.4, -0.2) is 93.4 Å². The quantitative estimate of drug-likeness (QED) is 0.0116. The zero-order valence-electron chi connectivity index (χ0n) is 65.7. The minimum atomic E-state index is -5.84. The van der Waals surface area contributed by atoms with Gasteiger partial charge in [0.05, 0.1) is 31.5 Å². The molecule has 4 heterocycles. The molecule has 0 spiro atoms. The number of aryl methyl sites for hydroxylation is 6. The van der Waals surface area contributed by atoms with E-state index in [2.05, 4.69) is 51.3 Å². The van der Waals surface area contributed by atoms with E-state index in [9.17, 15) is 45.4 Å². The number of aliphatic hydroxyl groups excluding tert-OH is 1. The first kappa shape index (κ1) is 101. The minimum absolute atomic E-state index is 0.